The van der Waals surface area contributed by atoms with Crippen LogP contribution >= 0.6 is 0 Å². The van der Waals surface area contributed by atoms with Gasteiger partial charge in [-0.25, -0.2) is 9.98 Å². The molecule has 0 aliphatic heterocycles. The molecule has 0 bridgehead atoms. The molecule has 21 heavy (non-hydrogen) atoms. The lowest BCUT2D eigenvalue weighted by molar-refractivity contribution is 0.796. The highest BCUT2D eigenvalue weighted by atomic mass is 15.2. The average molecular weight is 285 g/mol. The molecule has 0 fully saturated rings. The molecule has 2 rings (SSSR count). The molecule has 5 nitrogen and oxygen atoms in total. The Morgan fingerprint density at radius 2 is 1.76 bits per heavy atom. The third kappa shape index (κ3) is 4.95. The van der Waals surface area contributed by atoms with Gasteiger partial charge in [-0.15, -0.1) is 0 Å². The van der Waals surface area contributed by atoms with Crippen LogP contribution in [0.3, 0.4) is 0 Å². The maximum absolute atomic E-state index is 4.56. The molecule has 5 heteroatoms. The van der Waals surface area contributed by atoms with Crippen LogP contribution in [0.5, 0.6) is 0 Å². The van der Waals surface area contributed by atoms with Crippen LogP contribution in [-0.2, 0) is 13.1 Å². The van der Waals surface area contributed by atoms with Crippen molar-refractivity contribution >= 4 is 5.96 Å². The molecule has 0 saturated heterocycles. The van der Waals surface area contributed by atoms with Gasteiger partial charge >= 0.3 is 0 Å². The lowest BCUT2D eigenvalue weighted by atomic mass is 10.1. The molecule has 0 spiro atoms. The van der Waals surface area contributed by atoms with Gasteiger partial charge in [0.25, 0.3) is 0 Å². The summed E-state index contributed by atoms with van der Waals surface area (Å²) in [6.07, 6.45) is 5.60. The van der Waals surface area contributed by atoms with E-state index in [0.717, 1.165) is 25.6 Å². The Labute approximate surface area is 126 Å². The summed E-state index contributed by atoms with van der Waals surface area (Å²) in [4.78, 5) is 8.61. The first kappa shape index (κ1) is 15.1. The number of imidazole rings is 1. The van der Waals surface area contributed by atoms with E-state index in [1.165, 1.54) is 11.1 Å². The van der Waals surface area contributed by atoms with Crippen molar-refractivity contribution in [1.29, 1.82) is 0 Å². The van der Waals surface area contributed by atoms with Crippen molar-refractivity contribution < 1.29 is 0 Å². The van der Waals surface area contributed by atoms with E-state index >= 15 is 0 Å². The first-order chi connectivity index (χ1) is 10.3. The van der Waals surface area contributed by atoms with Gasteiger partial charge in [0.2, 0.25) is 0 Å². The largest absolute Gasteiger partial charge is 0.357 e. The van der Waals surface area contributed by atoms with Crippen LogP contribution in [0.4, 0.5) is 0 Å². The first-order valence-corrected chi connectivity index (χ1v) is 7.37. The molecule has 0 aliphatic rings. The fourth-order valence-electron chi connectivity index (χ4n) is 2.02. The zero-order valence-electron chi connectivity index (χ0n) is 12.7. The molecule has 1 aromatic carbocycles. The van der Waals surface area contributed by atoms with Crippen LogP contribution in [0.1, 0.15) is 25.0 Å². The van der Waals surface area contributed by atoms with Crippen LogP contribution < -0.4 is 10.6 Å². The Balaban J connectivity index is 1.93. The highest BCUT2D eigenvalue weighted by Gasteiger charge is 1.98. The van der Waals surface area contributed by atoms with Crippen LogP contribution in [0.2, 0.25) is 0 Å². The van der Waals surface area contributed by atoms with Gasteiger partial charge < -0.3 is 15.2 Å². The Kier molecular flexibility index (Phi) is 5.82. The van der Waals surface area contributed by atoms with Crippen molar-refractivity contribution in [1.82, 2.24) is 20.2 Å². The second-order valence-electron chi connectivity index (χ2n) is 4.78. The third-order valence-electron chi connectivity index (χ3n) is 3.06. The Morgan fingerprint density at radius 3 is 2.33 bits per heavy atom. The highest BCUT2D eigenvalue weighted by molar-refractivity contribution is 5.79. The number of aromatic nitrogens is 2. The molecule has 0 saturated carbocycles. The molecule has 1 aromatic heterocycles. The van der Waals surface area contributed by atoms with Gasteiger partial charge in [0.15, 0.2) is 5.96 Å². The summed E-state index contributed by atoms with van der Waals surface area (Å²) in [6.45, 7) is 7.41. The van der Waals surface area contributed by atoms with E-state index in [1.807, 2.05) is 12.5 Å². The lowest BCUT2D eigenvalue weighted by Gasteiger charge is -2.09. The fourth-order valence-corrected chi connectivity index (χ4v) is 2.02. The standard InChI is InChI=1S/C16H23N5/c1-3-18-16(19-4-2)20-11-14-5-7-15(8-6-14)12-21-10-9-17-13-21/h5-10,13H,3-4,11-12H2,1-2H3,(H2,18,19,20). The molecular formula is C16H23N5. The minimum Gasteiger partial charge on any atom is -0.357 e. The number of benzene rings is 1. The van der Waals surface area contributed by atoms with E-state index < -0.39 is 0 Å². The lowest BCUT2D eigenvalue weighted by Crippen LogP contribution is -2.36. The van der Waals surface area contributed by atoms with Crippen LogP contribution in [0.15, 0.2) is 48.0 Å². The SMILES string of the molecule is CCNC(=NCc1ccc(Cn2ccnc2)cc1)NCC. The Hall–Kier alpha value is -2.30. The molecule has 0 unspecified atom stereocenters. The molecule has 0 atom stereocenters. The monoisotopic (exact) mass is 285 g/mol. The number of hydrogen-bond donors (Lipinski definition) is 2. The topological polar surface area (TPSA) is 54.2 Å². The molecular weight excluding hydrogens is 262 g/mol. The summed E-state index contributed by atoms with van der Waals surface area (Å²) in [5.41, 5.74) is 2.47. The van der Waals surface area contributed by atoms with Gasteiger partial charge in [-0.2, -0.15) is 0 Å². The van der Waals surface area contributed by atoms with Crippen LogP contribution in [0.25, 0.3) is 0 Å². The molecule has 2 N–H and O–H groups in total. The first-order valence-electron chi connectivity index (χ1n) is 7.37. The molecule has 0 amide bonds. The molecule has 1 heterocycles. The highest BCUT2D eigenvalue weighted by Crippen LogP contribution is 2.07. The zero-order valence-corrected chi connectivity index (χ0v) is 12.7. The predicted molar refractivity (Wildman–Crippen MR) is 86.3 cm³/mol. The van der Waals surface area contributed by atoms with Crippen molar-refractivity contribution in [2.24, 2.45) is 4.99 Å². The quantitative estimate of drug-likeness (QED) is 0.630. The van der Waals surface area contributed by atoms with E-state index in [-0.39, 0.29) is 0 Å². The molecule has 112 valence electrons. The second-order valence-corrected chi connectivity index (χ2v) is 4.78. The third-order valence-corrected chi connectivity index (χ3v) is 3.06. The summed E-state index contributed by atoms with van der Waals surface area (Å²) < 4.78 is 2.06. The van der Waals surface area contributed by atoms with Gasteiger partial charge in [-0.1, -0.05) is 24.3 Å². The van der Waals surface area contributed by atoms with Gasteiger partial charge in [0.1, 0.15) is 0 Å². The fraction of sp³-hybridized carbons (Fsp3) is 0.375. The van der Waals surface area contributed by atoms with Crippen molar-refractivity contribution in [3.05, 3.63) is 54.1 Å². The maximum Gasteiger partial charge on any atom is 0.191 e. The minimum atomic E-state index is 0.681. The number of hydrogen-bond acceptors (Lipinski definition) is 2. The minimum absolute atomic E-state index is 0.681. The number of guanidine groups is 1. The summed E-state index contributed by atoms with van der Waals surface area (Å²) in [7, 11) is 0. The molecule has 0 radical (unpaired) electrons. The van der Waals surface area contributed by atoms with Gasteiger partial charge in [-0.3, -0.25) is 0 Å². The Bertz CT molecular complexity index is 535. The van der Waals surface area contributed by atoms with E-state index in [4.69, 9.17) is 0 Å². The summed E-state index contributed by atoms with van der Waals surface area (Å²) in [5.74, 6) is 0.863. The van der Waals surface area contributed by atoms with E-state index in [0.29, 0.717) is 6.54 Å². The number of nitrogens with zero attached hydrogens (tertiary/aromatic N) is 3. The predicted octanol–water partition coefficient (Wildman–Crippen LogP) is 2.01. The van der Waals surface area contributed by atoms with E-state index in [2.05, 4.69) is 63.3 Å². The summed E-state index contributed by atoms with van der Waals surface area (Å²) in [6, 6.07) is 8.55. The Morgan fingerprint density at radius 1 is 1.10 bits per heavy atom. The van der Waals surface area contributed by atoms with Crippen LogP contribution in [-0.4, -0.2) is 28.6 Å². The summed E-state index contributed by atoms with van der Waals surface area (Å²) >= 11 is 0. The van der Waals surface area contributed by atoms with Crippen LogP contribution in [0, 0.1) is 0 Å². The average Bonchev–Trinajstić information content (AvgIpc) is 3.00. The van der Waals surface area contributed by atoms with E-state index in [1.54, 1.807) is 6.20 Å². The van der Waals surface area contributed by atoms with Crippen molar-refractivity contribution in [3.8, 4) is 0 Å². The zero-order chi connectivity index (χ0) is 14.9. The normalized spacial score (nSPS) is 10.2. The van der Waals surface area contributed by atoms with Crippen molar-refractivity contribution in [3.63, 3.8) is 0 Å². The molecule has 0 aliphatic carbocycles. The van der Waals surface area contributed by atoms with Gasteiger partial charge in [0.05, 0.1) is 12.9 Å². The van der Waals surface area contributed by atoms with Gasteiger partial charge in [0, 0.05) is 32.0 Å². The smallest absolute Gasteiger partial charge is 0.191 e. The second kappa shape index (κ2) is 8.09. The van der Waals surface area contributed by atoms with E-state index in [9.17, 15) is 0 Å². The van der Waals surface area contributed by atoms with Crippen molar-refractivity contribution in [2.75, 3.05) is 13.1 Å². The number of rotatable bonds is 6. The maximum atomic E-state index is 4.56. The number of nitrogens with one attached hydrogen (secondary N) is 2. The molecule has 2 aromatic rings. The van der Waals surface area contributed by atoms with Crippen molar-refractivity contribution in [2.45, 2.75) is 26.9 Å². The summed E-state index contributed by atoms with van der Waals surface area (Å²) in [5, 5.41) is 6.45. The van der Waals surface area contributed by atoms with Gasteiger partial charge in [-0.05, 0) is 25.0 Å². The number of aliphatic imine (C=N–C) groups is 1.